The van der Waals surface area contributed by atoms with Crippen LogP contribution in [-0.4, -0.2) is 46.6 Å². The molecular weight excluding hydrogens is 296 g/mol. The molecule has 2 aromatic rings. The number of imidazole rings is 1. The van der Waals surface area contributed by atoms with E-state index in [4.69, 9.17) is 0 Å². The number of carbonyl (C=O) groups is 2. The number of likely N-dealkylation sites (N-methyl/N-ethyl adjacent to an activating group) is 1. The van der Waals surface area contributed by atoms with E-state index in [0.717, 1.165) is 0 Å². The predicted octanol–water partition coefficient (Wildman–Crippen LogP) is 1.24. The molecule has 1 radical (unpaired) electrons. The highest BCUT2D eigenvalue weighted by molar-refractivity contribution is 6.03. The number of hydrogen-bond donors (Lipinski definition) is 2. The van der Waals surface area contributed by atoms with Crippen LogP contribution in [0.4, 0.5) is 5.69 Å². The van der Waals surface area contributed by atoms with E-state index < -0.39 is 0 Å². The summed E-state index contributed by atoms with van der Waals surface area (Å²) >= 11 is 0. The monoisotopic (exact) mass is 311 g/mol. The number of aromatic amines is 1. The fourth-order valence-corrected chi connectivity index (χ4v) is 1.79. The average Bonchev–Trinajstić information content (AvgIpc) is 3.08. The van der Waals surface area contributed by atoms with Gasteiger partial charge in [0.1, 0.15) is 0 Å². The van der Waals surface area contributed by atoms with Gasteiger partial charge >= 0.3 is 0 Å². The van der Waals surface area contributed by atoms with Crippen molar-refractivity contribution < 1.29 is 14.4 Å². The van der Waals surface area contributed by atoms with Crippen molar-refractivity contribution in [2.24, 2.45) is 0 Å². The first-order chi connectivity index (χ1) is 11.1. The minimum absolute atomic E-state index is 0.0972. The van der Waals surface area contributed by atoms with Crippen LogP contribution in [0.15, 0.2) is 42.7 Å². The van der Waals surface area contributed by atoms with Gasteiger partial charge in [0.2, 0.25) is 12.2 Å². The maximum absolute atomic E-state index is 12.0. The van der Waals surface area contributed by atoms with Gasteiger partial charge in [-0.2, -0.15) is 0 Å². The maximum atomic E-state index is 12.0. The van der Waals surface area contributed by atoms with E-state index >= 15 is 0 Å². The van der Waals surface area contributed by atoms with E-state index in [1.54, 1.807) is 42.8 Å². The quantitative estimate of drug-likeness (QED) is 0.785. The fourth-order valence-electron chi connectivity index (χ4n) is 1.79. The van der Waals surface area contributed by atoms with Gasteiger partial charge in [-0.25, -0.2) is 4.98 Å². The Balaban J connectivity index is 2.13. The smallest absolute Gasteiger partial charge is 0.291 e. The van der Waals surface area contributed by atoms with Gasteiger partial charge in [0.05, 0.1) is 6.54 Å². The highest BCUT2D eigenvalue weighted by Gasteiger charge is 2.10. The van der Waals surface area contributed by atoms with E-state index in [0.29, 0.717) is 11.3 Å². The van der Waals surface area contributed by atoms with Crippen LogP contribution in [0.1, 0.15) is 16.2 Å². The largest absolute Gasteiger partial charge is 0.341 e. The molecule has 0 bridgehead atoms. The zero-order chi connectivity index (χ0) is 16.7. The molecule has 0 unspecified atom stereocenters. The number of anilines is 1. The number of hydrogen-bond acceptors (Lipinski definition) is 4. The Bertz CT molecular complexity index is 723. The van der Waals surface area contributed by atoms with Gasteiger partial charge in [0, 0.05) is 31.2 Å². The lowest BCUT2D eigenvalue weighted by Crippen LogP contribution is -2.26. The standard InChI is InChI=1S/C16H15N4O3/c1-20(10-11-21)14(22)7-6-12-4-2-3-5-13(12)19-16(23)15-17-8-9-18-15/h2-9H,10H2,1H3,(H,17,18)(H,19,23)/b7-6+. The molecule has 23 heavy (non-hydrogen) atoms. The molecule has 117 valence electrons. The van der Waals surface area contributed by atoms with Crippen molar-refractivity contribution in [1.29, 1.82) is 0 Å². The maximum Gasteiger partial charge on any atom is 0.291 e. The van der Waals surface area contributed by atoms with Gasteiger partial charge in [-0.3, -0.25) is 14.4 Å². The predicted molar refractivity (Wildman–Crippen MR) is 85.3 cm³/mol. The topological polar surface area (TPSA) is 95.2 Å². The zero-order valence-corrected chi connectivity index (χ0v) is 12.4. The number of H-pyrrole nitrogens is 1. The Kier molecular flexibility index (Phi) is 5.40. The highest BCUT2D eigenvalue weighted by Crippen LogP contribution is 2.17. The second kappa shape index (κ2) is 7.69. The molecule has 0 spiro atoms. The lowest BCUT2D eigenvalue weighted by atomic mass is 10.1. The second-order valence-electron chi connectivity index (χ2n) is 4.65. The van der Waals surface area contributed by atoms with Crippen LogP contribution in [0, 0.1) is 0 Å². The van der Waals surface area contributed by atoms with E-state index in [1.165, 1.54) is 24.2 Å². The van der Waals surface area contributed by atoms with Crippen LogP contribution in [0.3, 0.4) is 0 Å². The van der Waals surface area contributed by atoms with Gasteiger partial charge in [-0.15, -0.1) is 0 Å². The average molecular weight is 311 g/mol. The summed E-state index contributed by atoms with van der Waals surface area (Å²) in [7, 11) is 1.50. The fraction of sp³-hybridized carbons (Fsp3) is 0.125. The van der Waals surface area contributed by atoms with Crippen molar-refractivity contribution >= 4 is 29.9 Å². The van der Waals surface area contributed by atoms with Crippen molar-refractivity contribution in [3.05, 3.63) is 54.1 Å². The van der Waals surface area contributed by atoms with Crippen LogP contribution in [0.5, 0.6) is 0 Å². The van der Waals surface area contributed by atoms with E-state index in [-0.39, 0.29) is 24.2 Å². The summed E-state index contributed by atoms with van der Waals surface area (Å²) in [6.07, 6.45) is 7.59. The summed E-state index contributed by atoms with van der Waals surface area (Å²) in [6.45, 7) is -0.0972. The number of amides is 2. The molecule has 0 saturated carbocycles. The van der Waals surface area contributed by atoms with E-state index in [2.05, 4.69) is 15.3 Å². The first kappa shape index (κ1) is 16.2. The van der Waals surface area contributed by atoms with Crippen molar-refractivity contribution in [1.82, 2.24) is 14.9 Å². The Hall–Kier alpha value is -3.22. The summed E-state index contributed by atoms with van der Waals surface area (Å²) < 4.78 is 0. The molecular formula is C16H15N4O3. The lowest BCUT2D eigenvalue weighted by molar-refractivity contribution is -0.124. The van der Waals surface area contributed by atoms with Crippen LogP contribution in [-0.2, 0) is 9.59 Å². The first-order valence-corrected chi connectivity index (χ1v) is 6.79. The van der Waals surface area contributed by atoms with Crippen molar-refractivity contribution in [3.8, 4) is 0 Å². The SMILES string of the molecule is CN(C[C]=O)C(=O)/C=C/c1ccccc1NC(=O)c1ncc[nH]1. The van der Waals surface area contributed by atoms with Crippen molar-refractivity contribution in [3.63, 3.8) is 0 Å². The molecule has 0 aliphatic heterocycles. The van der Waals surface area contributed by atoms with Gasteiger partial charge in [-0.1, -0.05) is 18.2 Å². The summed E-state index contributed by atoms with van der Waals surface area (Å²) in [5.41, 5.74) is 1.20. The second-order valence-corrected chi connectivity index (χ2v) is 4.65. The first-order valence-electron chi connectivity index (χ1n) is 6.79. The number of nitrogens with one attached hydrogen (secondary N) is 2. The van der Waals surface area contributed by atoms with E-state index in [9.17, 15) is 14.4 Å². The van der Waals surface area contributed by atoms with Gasteiger partial charge in [-0.05, 0) is 17.7 Å². The molecule has 0 saturated heterocycles. The lowest BCUT2D eigenvalue weighted by Gasteiger charge is -2.10. The van der Waals surface area contributed by atoms with Gasteiger partial charge in [0.25, 0.3) is 5.91 Å². The number of nitrogens with zero attached hydrogens (tertiary/aromatic N) is 2. The molecule has 0 aliphatic rings. The van der Waals surface area contributed by atoms with Crippen LogP contribution in [0.25, 0.3) is 6.08 Å². The molecule has 1 aromatic heterocycles. The molecule has 0 atom stereocenters. The highest BCUT2D eigenvalue weighted by atomic mass is 16.2. The molecule has 0 fully saturated rings. The summed E-state index contributed by atoms with van der Waals surface area (Å²) in [5.74, 6) is -0.517. The Morgan fingerprint density at radius 2 is 2.17 bits per heavy atom. The number of aromatic nitrogens is 2. The minimum Gasteiger partial charge on any atom is -0.341 e. The third kappa shape index (κ3) is 4.37. The summed E-state index contributed by atoms with van der Waals surface area (Å²) in [6, 6.07) is 7.03. The Morgan fingerprint density at radius 1 is 1.39 bits per heavy atom. The van der Waals surface area contributed by atoms with Crippen molar-refractivity contribution in [2.45, 2.75) is 0 Å². The van der Waals surface area contributed by atoms with E-state index in [1.807, 2.05) is 0 Å². The van der Waals surface area contributed by atoms with Crippen LogP contribution >= 0.6 is 0 Å². The number of para-hydroxylation sites is 1. The molecule has 7 nitrogen and oxygen atoms in total. The Labute approximate surface area is 133 Å². The minimum atomic E-state index is -0.380. The van der Waals surface area contributed by atoms with Crippen LogP contribution < -0.4 is 5.32 Å². The molecule has 1 aromatic carbocycles. The number of benzene rings is 1. The normalized spacial score (nSPS) is 10.5. The number of carbonyl (C=O) groups excluding carboxylic acids is 3. The molecule has 2 rings (SSSR count). The number of rotatable bonds is 6. The summed E-state index contributed by atoms with van der Waals surface area (Å²) in [5, 5.41) is 2.72. The van der Waals surface area contributed by atoms with Gasteiger partial charge in [0.15, 0.2) is 5.82 Å². The van der Waals surface area contributed by atoms with Crippen molar-refractivity contribution in [2.75, 3.05) is 18.9 Å². The Morgan fingerprint density at radius 3 is 2.87 bits per heavy atom. The zero-order valence-electron chi connectivity index (χ0n) is 12.4. The molecule has 0 aliphatic carbocycles. The summed E-state index contributed by atoms with van der Waals surface area (Å²) in [4.78, 5) is 41.9. The molecule has 7 heteroatoms. The molecule has 2 amide bonds. The van der Waals surface area contributed by atoms with Crippen LogP contribution in [0.2, 0.25) is 0 Å². The molecule has 1 heterocycles. The molecule has 2 N–H and O–H groups in total. The third-order valence-corrected chi connectivity index (χ3v) is 3.01. The van der Waals surface area contributed by atoms with Gasteiger partial charge < -0.3 is 15.2 Å². The third-order valence-electron chi connectivity index (χ3n) is 3.01.